The molecule has 2 aromatic rings. The van der Waals surface area contributed by atoms with E-state index in [1.54, 1.807) is 24.3 Å². The fourth-order valence-corrected chi connectivity index (χ4v) is 4.57. The second kappa shape index (κ2) is 10.1. The first-order chi connectivity index (χ1) is 15.5. The number of amides is 3. The molecule has 0 atom stereocenters. The van der Waals surface area contributed by atoms with Crippen LogP contribution in [-0.2, 0) is 19.1 Å². The SMILES string of the molecule is CC(=O)Nc1ccc(NC2=C(c3cccs3)C(=O)N(CCCN3CCOCC3)C2=O)cc1. The van der Waals surface area contributed by atoms with Crippen LogP contribution in [0.5, 0.6) is 0 Å². The predicted molar refractivity (Wildman–Crippen MR) is 124 cm³/mol. The van der Waals surface area contributed by atoms with Crippen molar-refractivity contribution >= 4 is 46.0 Å². The summed E-state index contributed by atoms with van der Waals surface area (Å²) >= 11 is 1.43. The highest BCUT2D eigenvalue weighted by atomic mass is 32.1. The van der Waals surface area contributed by atoms with Crippen LogP contribution in [-0.4, -0.2) is 66.9 Å². The molecule has 32 heavy (non-hydrogen) atoms. The average Bonchev–Trinajstić information content (AvgIpc) is 3.38. The van der Waals surface area contributed by atoms with Crippen LogP contribution in [0, 0.1) is 0 Å². The fourth-order valence-electron chi connectivity index (χ4n) is 3.81. The number of thiophene rings is 1. The van der Waals surface area contributed by atoms with Gasteiger partial charge in [-0.1, -0.05) is 6.07 Å². The zero-order chi connectivity index (χ0) is 22.5. The minimum Gasteiger partial charge on any atom is -0.379 e. The van der Waals surface area contributed by atoms with Crippen LogP contribution in [0.1, 0.15) is 18.2 Å². The number of rotatable bonds is 8. The van der Waals surface area contributed by atoms with E-state index < -0.39 is 0 Å². The van der Waals surface area contributed by atoms with Gasteiger partial charge in [0.15, 0.2) is 0 Å². The van der Waals surface area contributed by atoms with E-state index in [0.29, 0.717) is 29.9 Å². The number of benzene rings is 1. The molecule has 9 heteroatoms. The van der Waals surface area contributed by atoms with Gasteiger partial charge in [0, 0.05) is 49.4 Å². The number of carbonyl (C=O) groups excluding carboxylic acids is 3. The smallest absolute Gasteiger partial charge is 0.278 e. The number of imide groups is 1. The Morgan fingerprint density at radius 3 is 2.41 bits per heavy atom. The summed E-state index contributed by atoms with van der Waals surface area (Å²) in [7, 11) is 0. The van der Waals surface area contributed by atoms with Gasteiger partial charge < -0.3 is 15.4 Å². The molecule has 0 aliphatic carbocycles. The number of carbonyl (C=O) groups is 3. The minimum atomic E-state index is -0.314. The van der Waals surface area contributed by atoms with Gasteiger partial charge in [-0.25, -0.2) is 0 Å². The molecule has 0 saturated carbocycles. The Labute approximate surface area is 190 Å². The Morgan fingerprint density at radius 1 is 1.03 bits per heavy atom. The molecule has 0 bridgehead atoms. The van der Waals surface area contributed by atoms with Crippen molar-refractivity contribution in [2.24, 2.45) is 0 Å². The molecule has 168 valence electrons. The van der Waals surface area contributed by atoms with Crippen LogP contribution in [0.15, 0.2) is 47.5 Å². The number of nitrogens with zero attached hydrogens (tertiary/aromatic N) is 2. The van der Waals surface area contributed by atoms with Gasteiger partial charge in [0.1, 0.15) is 5.70 Å². The lowest BCUT2D eigenvalue weighted by molar-refractivity contribution is -0.137. The number of morpholine rings is 1. The second-order valence-electron chi connectivity index (χ2n) is 7.68. The van der Waals surface area contributed by atoms with Crippen molar-refractivity contribution in [1.29, 1.82) is 0 Å². The lowest BCUT2D eigenvalue weighted by Gasteiger charge is -2.27. The zero-order valence-corrected chi connectivity index (χ0v) is 18.7. The first-order valence-corrected chi connectivity index (χ1v) is 11.5. The summed E-state index contributed by atoms with van der Waals surface area (Å²) in [6, 6.07) is 10.7. The normalized spacial score (nSPS) is 17.2. The average molecular weight is 455 g/mol. The molecule has 1 fully saturated rings. The van der Waals surface area contributed by atoms with E-state index in [9.17, 15) is 14.4 Å². The topological polar surface area (TPSA) is 91.0 Å². The molecule has 1 aromatic heterocycles. The summed E-state index contributed by atoms with van der Waals surface area (Å²) in [5.41, 5.74) is 2.02. The molecule has 1 aromatic carbocycles. The summed E-state index contributed by atoms with van der Waals surface area (Å²) in [6.07, 6.45) is 0.716. The summed E-state index contributed by atoms with van der Waals surface area (Å²) in [6.45, 7) is 5.84. The van der Waals surface area contributed by atoms with Crippen molar-refractivity contribution in [3.8, 4) is 0 Å². The largest absolute Gasteiger partial charge is 0.379 e. The first-order valence-electron chi connectivity index (χ1n) is 10.6. The first kappa shape index (κ1) is 22.2. The van der Waals surface area contributed by atoms with E-state index in [1.165, 1.54) is 23.2 Å². The summed E-state index contributed by atoms with van der Waals surface area (Å²) in [5, 5.41) is 7.75. The highest BCUT2D eigenvalue weighted by molar-refractivity contribution is 7.11. The Kier molecular flexibility index (Phi) is 6.99. The van der Waals surface area contributed by atoms with Gasteiger partial charge in [-0.2, -0.15) is 0 Å². The summed E-state index contributed by atoms with van der Waals surface area (Å²) in [5.74, 6) is -0.735. The van der Waals surface area contributed by atoms with Crippen molar-refractivity contribution in [3.63, 3.8) is 0 Å². The van der Waals surface area contributed by atoms with Crippen molar-refractivity contribution in [1.82, 2.24) is 9.80 Å². The summed E-state index contributed by atoms with van der Waals surface area (Å²) < 4.78 is 5.37. The highest BCUT2D eigenvalue weighted by Crippen LogP contribution is 2.33. The third kappa shape index (κ3) is 5.07. The van der Waals surface area contributed by atoms with E-state index >= 15 is 0 Å². The molecule has 4 rings (SSSR count). The molecule has 3 heterocycles. The lowest BCUT2D eigenvalue weighted by Crippen LogP contribution is -2.39. The Bertz CT molecular complexity index is 1010. The maximum Gasteiger partial charge on any atom is 0.278 e. The van der Waals surface area contributed by atoms with Crippen molar-refractivity contribution in [2.75, 3.05) is 50.0 Å². The monoisotopic (exact) mass is 454 g/mol. The molecule has 2 aliphatic heterocycles. The third-order valence-electron chi connectivity index (χ3n) is 5.37. The second-order valence-corrected chi connectivity index (χ2v) is 8.63. The maximum absolute atomic E-state index is 13.2. The Morgan fingerprint density at radius 2 is 1.75 bits per heavy atom. The van der Waals surface area contributed by atoms with E-state index in [-0.39, 0.29) is 23.4 Å². The van der Waals surface area contributed by atoms with Crippen LogP contribution in [0.25, 0.3) is 5.57 Å². The van der Waals surface area contributed by atoms with Crippen LogP contribution >= 0.6 is 11.3 Å². The number of anilines is 2. The molecule has 1 saturated heterocycles. The molecule has 2 aliphatic rings. The Balaban J connectivity index is 1.49. The van der Waals surface area contributed by atoms with Gasteiger partial charge in [-0.3, -0.25) is 24.2 Å². The van der Waals surface area contributed by atoms with Crippen LogP contribution < -0.4 is 10.6 Å². The number of hydrogen-bond donors (Lipinski definition) is 2. The van der Waals surface area contributed by atoms with Crippen LogP contribution in [0.2, 0.25) is 0 Å². The highest BCUT2D eigenvalue weighted by Gasteiger charge is 2.39. The zero-order valence-electron chi connectivity index (χ0n) is 17.9. The molecular formula is C23H26N4O4S. The minimum absolute atomic E-state index is 0.155. The Hall–Kier alpha value is -3.01. The molecule has 8 nitrogen and oxygen atoms in total. The van der Waals surface area contributed by atoms with Crippen LogP contribution in [0.4, 0.5) is 11.4 Å². The maximum atomic E-state index is 13.2. The fraction of sp³-hybridized carbons (Fsp3) is 0.348. The standard InChI is InChI=1S/C23H26N4O4S/c1-16(28)24-17-5-7-18(8-6-17)25-21-20(19-4-2-15-32-19)22(29)27(23(21)30)10-3-9-26-11-13-31-14-12-26/h2,4-8,15,25H,3,9-14H2,1H3,(H,24,28). The van der Waals surface area contributed by atoms with Gasteiger partial charge in [0.2, 0.25) is 5.91 Å². The van der Waals surface area contributed by atoms with Gasteiger partial charge in [0.25, 0.3) is 11.8 Å². The number of hydrogen-bond acceptors (Lipinski definition) is 7. The quantitative estimate of drug-likeness (QED) is 0.596. The van der Waals surface area contributed by atoms with Gasteiger partial charge >= 0.3 is 0 Å². The van der Waals surface area contributed by atoms with Crippen molar-refractivity contribution < 1.29 is 19.1 Å². The van der Waals surface area contributed by atoms with Gasteiger partial charge in [-0.15, -0.1) is 11.3 Å². The van der Waals surface area contributed by atoms with E-state index in [4.69, 9.17) is 4.74 Å². The predicted octanol–water partition coefficient (Wildman–Crippen LogP) is 2.62. The molecule has 0 unspecified atom stereocenters. The van der Waals surface area contributed by atoms with Gasteiger partial charge in [-0.05, 0) is 42.1 Å². The third-order valence-corrected chi connectivity index (χ3v) is 6.26. The molecule has 0 radical (unpaired) electrons. The van der Waals surface area contributed by atoms with E-state index in [2.05, 4.69) is 15.5 Å². The van der Waals surface area contributed by atoms with Crippen molar-refractivity contribution in [2.45, 2.75) is 13.3 Å². The van der Waals surface area contributed by atoms with Crippen molar-refractivity contribution in [3.05, 3.63) is 52.4 Å². The van der Waals surface area contributed by atoms with Gasteiger partial charge in [0.05, 0.1) is 18.8 Å². The summed E-state index contributed by atoms with van der Waals surface area (Å²) in [4.78, 5) is 42.0. The molecule has 0 spiro atoms. The lowest BCUT2D eigenvalue weighted by atomic mass is 10.2. The van der Waals surface area contributed by atoms with E-state index in [1.807, 2.05) is 17.5 Å². The number of nitrogens with one attached hydrogen (secondary N) is 2. The molecular weight excluding hydrogens is 428 g/mol. The van der Waals surface area contributed by atoms with E-state index in [0.717, 1.165) is 37.7 Å². The molecule has 2 N–H and O–H groups in total. The number of ether oxygens (including phenoxy) is 1. The van der Waals surface area contributed by atoms with Crippen LogP contribution in [0.3, 0.4) is 0 Å². The molecule has 3 amide bonds.